The summed E-state index contributed by atoms with van der Waals surface area (Å²) in [6.07, 6.45) is 0. The summed E-state index contributed by atoms with van der Waals surface area (Å²) in [4.78, 5) is 25.5. The van der Waals surface area contributed by atoms with Gasteiger partial charge in [0.05, 0.1) is 25.3 Å². The van der Waals surface area contributed by atoms with E-state index in [0.29, 0.717) is 22.6 Å². The molecule has 0 aromatic heterocycles. The van der Waals surface area contributed by atoms with E-state index in [1.807, 2.05) is 6.92 Å². The summed E-state index contributed by atoms with van der Waals surface area (Å²) in [6, 6.07) is 8.52. The first-order valence-corrected chi connectivity index (χ1v) is 6.54. The number of carbonyl (C=O) groups excluding carboxylic acids is 2. The highest BCUT2D eigenvalue weighted by Crippen LogP contribution is 2.40. The molecule has 4 nitrogen and oxygen atoms in total. The number of ketones is 2. The van der Waals surface area contributed by atoms with Gasteiger partial charge in [0.2, 0.25) is 0 Å². The highest BCUT2D eigenvalue weighted by molar-refractivity contribution is 6.30. The summed E-state index contributed by atoms with van der Waals surface area (Å²) in [6.45, 7) is 1.82. The van der Waals surface area contributed by atoms with Crippen molar-refractivity contribution in [3.63, 3.8) is 0 Å². The van der Waals surface area contributed by atoms with Gasteiger partial charge in [0.25, 0.3) is 0 Å². The molecule has 0 atom stereocenters. The van der Waals surface area contributed by atoms with Gasteiger partial charge in [0.1, 0.15) is 11.5 Å². The van der Waals surface area contributed by atoms with Gasteiger partial charge in [0.15, 0.2) is 11.6 Å². The Morgan fingerprint density at radius 2 is 1.43 bits per heavy atom. The summed E-state index contributed by atoms with van der Waals surface area (Å²) in [5.41, 5.74) is 2.13. The molecule has 0 bridgehead atoms. The van der Waals surface area contributed by atoms with Crippen molar-refractivity contribution in [1.82, 2.24) is 0 Å². The van der Waals surface area contributed by atoms with Crippen LogP contribution in [-0.2, 0) is 0 Å². The van der Waals surface area contributed by atoms with E-state index in [1.165, 1.54) is 14.2 Å². The molecule has 0 spiro atoms. The van der Waals surface area contributed by atoms with Crippen LogP contribution in [0.4, 0.5) is 0 Å². The van der Waals surface area contributed by atoms with Crippen LogP contribution >= 0.6 is 0 Å². The van der Waals surface area contributed by atoms with E-state index < -0.39 is 0 Å². The minimum atomic E-state index is -0.213. The molecule has 106 valence electrons. The normalized spacial score (nSPS) is 12.7. The molecule has 0 radical (unpaired) electrons. The average Bonchev–Trinajstić information content (AvgIpc) is 2.51. The molecule has 0 saturated carbocycles. The number of benzene rings is 2. The minimum Gasteiger partial charge on any atom is -0.496 e. The molecular formula is C17H14O4. The Bertz CT molecular complexity index is 775. The van der Waals surface area contributed by atoms with E-state index in [2.05, 4.69) is 0 Å². The molecule has 1 aliphatic rings. The van der Waals surface area contributed by atoms with Crippen LogP contribution in [0.1, 0.15) is 37.4 Å². The van der Waals surface area contributed by atoms with Gasteiger partial charge in [-0.1, -0.05) is 24.3 Å². The molecule has 0 heterocycles. The Kier molecular flexibility index (Phi) is 3.01. The van der Waals surface area contributed by atoms with Crippen LogP contribution < -0.4 is 9.47 Å². The van der Waals surface area contributed by atoms with E-state index in [1.54, 1.807) is 30.3 Å². The van der Waals surface area contributed by atoms with Crippen LogP contribution in [0.25, 0.3) is 0 Å². The highest BCUT2D eigenvalue weighted by Gasteiger charge is 2.35. The standard InChI is InChI=1S/C17H14O4/c1-9-8-12(20-2)13-14(17(9)21-3)16(19)11-7-5-4-6-10(11)15(13)18/h4-8H,1-3H3. The van der Waals surface area contributed by atoms with Crippen molar-refractivity contribution in [2.45, 2.75) is 6.92 Å². The number of methoxy groups -OCH3 is 2. The third-order valence-corrected chi connectivity index (χ3v) is 3.72. The van der Waals surface area contributed by atoms with Crippen LogP contribution in [0.15, 0.2) is 30.3 Å². The molecular weight excluding hydrogens is 268 g/mol. The summed E-state index contributed by atoms with van der Waals surface area (Å²) < 4.78 is 10.6. The predicted octanol–water partition coefficient (Wildman–Crippen LogP) is 2.79. The first-order chi connectivity index (χ1) is 10.1. The molecule has 2 aromatic carbocycles. The number of aryl methyl sites for hydroxylation is 1. The molecule has 4 heteroatoms. The summed E-state index contributed by atoms with van der Waals surface area (Å²) >= 11 is 0. The second kappa shape index (κ2) is 4.74. The Morgan fingerprint density at radius 1 is 0.857 bits per heavy atom. The number of ether oxygens (including phenoxy) is 2. The van der Waals surface area contributed by atoms with Crippen LogP contribution in [0.2, 0.25) is 0 Å². The van der Waals surface area contributed by atoms with Crippen molar-refractivity contribution in [3.8, 4) is 11.5 Å². The number of hydrogen-bond acceptors (Lipinski definition) is 4. The third-order valence-electron chi connectivity index (χ3n) is 3.72. The lowest BCUT2D eigenvalue weighted by Crippen LogP contribution is -2.23. The van der Waals surface area contributed by atoms with Gasteiger partial charge < -0.3 is 9.47 Å². The third kappa shape index (κ3) is 1.76. The predicted molar refractivity (Wildman–Crippen MR) is 77.6 cm³/mol. The van der Waals surface area contributed by atoms with Crippen molar-refractivity contribution < 1.29 is 19.1 Å². The quantitative estimate of drug-likeness (QED) is 0.725. The van der Waals surface area contributed by atoms with E-state index >= 15 is 0 Å². The minimum absolute atomic E-state index is 0.209. The molecule has 0 unspecified atom stereocenters. The van der Waals surface area contributed by atoms with Gasteiger partial charge in [0, 0.05) is 11.1 Å². The van der Waals surface area contributed by atoms with Crippen LogP contribution in [0, 0.1) is 6.92 Å². The molecule has 0 saturated heterocycles. The number of fused-ring (bicyclic) bond motifs is 2. The van der Waals surface area contributed by atoms with Crippen molar-refractivity contribution in [1.29, 1.82) is 0 Å². The highest BCUT2D eigenvalue weighted by atomic mass is 16.5. The van der Waals surface area contributed by atoms with E-state index in [0.717, 1.165) is 5.56 Å². The zero-order chi connectivity index (χ0) is 15.1. The van der Waals surface area contributed by atoms with Gasteiger partial charge >= 0.3 is 0 Å². The van der Waals surface area contributed by atoms with Gasteiger partial charge in [-0.05, 0) is 18.6 Å². The first kappa shape index (κ1) is 13.4. The summed E-state index contributed by atoms with van der Waals surface area (Å²) in [5, 5.41) is 0. The van der Waals surface area contributed by atoms with E-state index in [4.69, 9.17) is 9.47 Å². The maximum absolute atomic E-state index is 12.8. The fourth-order valence-electron chi connectivity index (χ4n) is 2.78. The van der Waals surface area contributed by atoms with Crippen LogP contribution in [-0.4, -0.2) is 25.8 Å². The molecule has 1 aliphatic carbocycles. The number of hydrogen-bond donors (Lipinski definition) is 0. The average molecular weight is 282 g/mol. The van der Waals surface area contributed by atoms with Gasteiger partial charge in [-0.25, -0.2) is 0 Å². The van der Waals surface area contributed by atoms with Crippen molar-refractivity contribution in [2.75, 3.05) is 14.2 Å². The summed E-state index contributed by atoms with van der Waals surface area (Å²) in [5.74, 6) is 0.407. The second-order valence-corrected chi connectivity index (χ2v) is 4.88. The monoisotopic (exact) mass is 282 g/mol. The first-order valence-electron chi connectivity index (χ1n) is 6.54. The fourth-order valence-corrected chi connectivity index (χ4v) is 2.78. The van der Waals surface area contributed by atoms with Crippen molar-refractivity contribution >= 4 is 11.6 Å². The smallest absolute Gasteiger partial charge is 0.198 e. The topological polar surface area (TPSA) is 52.6 Å². The zero-order valence-electron chi connectivity index (χ0n) is 12.0. The molecule has 0 N–H and O–H groups in total. The second-order valence-electron chi connectivity index (χ2n) is 4.88. The SMILES string of the molecule is COc1cc(C)c(OC)c2c1C(=O)c1ccccc1C2=O. The lowest BCUT2D eigenvalue weighted by Gasteiger charge is -2.22. The Labute approximate surface area is 122 Å². The maximum Gasteiger partial charge on any atom is 0.198 e. The lowest BCUT2D eigenvalue weighted by molar-refractivity contribution is 0.0973. The van der Waals surface area contributed by atoms with Crippen molar-refractivity contribution in [3.05, 3.63) is 58.1 Å². The molecule has 0 aliphatic heterocycles. The molecule has 2 aromatic rings. The number of carbonyl (C=O) groups is 2. The van der Waals surface area contributed by atoms with E-state index in [9.17, 15) is 9.59 Å². The Balaban J connectivity index is 2.41. The molecule has 21 heavy (non-hydrogen) atoms. The Hall–Kier alpha value is -2.62. The van der Waals surface area contributed by atoms with Gasteiger partial charge in [-0.15, -0.1) is 0 Å². The fraction of sp³-hybridized carbons (Fsp3) is 0.176. The molecule has 3 rings (SSSR count). The zero-order valence-corrected chi connectivity index (χ0v) is 12.0. The van der Waals surface area contributed by atoms with Crippen LogP contribution in [0.5, 0.6) is 11.5 Å². The molecule has 0 fully saturated rings. The van der Waals surface area contributed by atoms with E-state index in [-0.39, 0.29) is 22.7 Å². The van der Waals surface area contributed by atoms with Gasteiger partial charge in [-0.3, -0.25) is 9.59 Å². The van der Waals surface area contributed by atoms with Crippen molar-refractivity contribution in [2.24, 2.45) is 0 Å². The Morgan fingerprint density at radius 3 is 1.95 bits per heavy atom. The van der Waals surface area contributed by atoms with Crippen LogP contribution in [0.3, 0.4) is 0 Å². The number of rotatable bonds is 2. The lowest BCUT2D eigenvalue weighted by atomic mass is 9.82. The molecule has 0 amide bonds. The maximum atomic E-state index is 12.8. The summed E-state index contributed by atoms with van der Waals surface area (Å²) in [7, 11) is 2.98. The van der Waals surface area contributed by atoms with Gasteiger partial charge in [-0.2, -0.15) is 0 Å². The largest absolute Gasteiger partial charge is 0.496 e.